The second kappa shape index (κ2) is 20.9. The van der Waals surface area contributed by atoms with Crippen LogP contribution in [0.2, 0.25) is 0 Å². The van der Waals surface area contributed by atoms with Crippen molar-refractivity contribution in [3.63, 3.8) is 0 Å². The summed E-state index contributed by atoms with van der Waals surface area (Å²) >= 11 is 0. The maximum Gasteiger partial charge on any atom is 0.160 e. The van der Waals surface area contributed by atoms with Crippen LogP contribution in [0, 0.1) is 0 Å². The van der Waals surface area contributed by atoms with Crippen LogP contribution in [-0.2, 0) is 10.8 Å². The Hall–Kier alpha value is -12.6. The van der Waals surface area contributed by atoms with Gasteiger partial charge in [-0.15, -0.1) is 0 Å². The van der Waals surface area contributed by atoms with Gasteiger partial charge in [0.05, 0.1) is 33.6 Å². The maximum atomic E-state index is 7.42. The summed E-state index contributed by atoms with van der Waals surface area (Å²) in [6, 6.07) is 117. The van der Waals surface area contributed by atoms with Crippen LogP contribution in [0.4, 0.5) is 0 Å². The highest BCUT2D eigenvalue weighted by Crippen LogP contribution is 2.64. The van der Waals surface area contributed by atoms with Gasteiger partial charge >= 0.3 is 0 Å². The van der Waals surface area contributed by atoms with Gasteiger partial charge < -0.3 is 9.47 Å². The Balaban J connectivity index is 0.732. The van der Waals surface area contributed by atoms with Gasteiger partial charge in [-0.2, -0.15) is 0 Å². The first-order chi connectivity index (χ1) is 47.5. The van der Waals surface area contributed by atoms with Gasteiger partial charge in [-0.3, -0.25) is 0 Å². The molecule has 96 heavy (non-hydrogen) atoms. The van der Waals surface area contributed by atoms with Crippen LogP contribution in [0.15, 0.2) is 328 Å². The summed E-state index contributed by atoms with van der Waals surface area (Å²) < 4.78 is 14.4. The van der Waals surface area contributed by atoms with Gasteiger partial charge in [0.25, 0.3) is 0 Å². The van der Waals surface area contributed by atoms with Crippen molar-refractivity contribution in [3.05, 3.63) is 372 Å². The fourth-order valence-electron chi connectivity index (χ4n) is 16.2. The zero-order chi connectivity index (χ0) is 63.1. The predicted molar refractivity (Wildman–Crippen MR) is 385 cm³/mol. The molecule has 2 aliphatic heterocycles. The number of aromatic nitrogens is 4. The average molecular weight is 1220 g/mol. The van der Waals surface area contributed by atoms with E-state index in [-0.39, 0.29) is 0 Å². The topological polar surface area (TPSA) is 70.0 Å². The molecule has 0 bridgehead atoms. The Morgan fingerprint density at radius 2 is 0.573 bits per heavy atom. The largest absolute Gasteiger partial charge is 0.457 e. The van der Waals surface area contributed by atoms with Crippen molar-refractivity contribution in [2.75, 3.05) is 0 Å². The van der Waals surface area contributed by atoms with Crippen LogP contribution in [0.5, 0.6) is 23.0 Å². The minimum atomic E-state index is -0.704. The second-order valence-electron chi connectivity index (χ2n) is 25.5. The van der Waals surface area contributed by atoms with E-state index in [1.807, 2.05) is 6.07 Å². The molecule has 446 valence electrons. The van der Waals surface area contributed by atoms with E-state index in [1.54, 1.807) is 0 Å². The van der Waals surface area contributed by atoms with Crippen LogP contribution in [0.3, 0.4) is 0 Å². The van der Waals surface area contributed by atoms with E-state index >= 15 is 0 Å². The highest BCUT2D eigenvalue weighted by molar-refractivity contribution is 5.97. The van der Waals surface area contributed by atoms with Crippen molar-refractivity contribution in [1.29, 1.82) is 0 Å². The minimum Gasteiger partial charge on any atom is -0.457 e. The third-order valence-electron chi connectivity index (χ3n) is 20.4. The summed E-state index contributed by atoms with van der Waals surface area (Å²) in [5.41, 5.74) is 23.9. The summed E-state index contributed by atoms with van der Waals surface area (Å²) in [7, 11) is 0. The lowest BCUT2D eigenvalue weighted by atomic mass is 9.66. The van der Waals surface area contributed by atoms with Crippen molar-refractivity contribution in [2.24, 2.45) is 0 Å². The number of hydrogen-bond acceptors (Lipinski definition) is 6. The van der Waals surface area contributed by atoms with Crippen molar-refractivity contribution >= 4 is 21.5 Å². The predicted octanol–water partition coefficient (Wildman–Crippen LogP) is 22.2. The molecular weight excluding hydrogens is 1170 g/mol. The molecule has 2 spiro atoms. The van der Waals surface area contributed by atoms with Crippen molar-refractivity contribution < 1.29 is 9.47 Å². The number of rotatable bonds is 7. The zero-order valence-electron chi connectivity index (χ0n) is 51.8. The molecule has 4 aliphatic rings. The van der Waals surface area contributed by atoms with Crippen LogP contribution in [0.1, 0.15) is 44.5 Å². The molecule has 0 N–H and O–H groups in total. The van der Waals surface area contributed by atoms with E-state index < -0.39 is 10.8 Å². The van der Waals surface area contributed by atoms with Gasteiger partial charge in [0, 0.05) is 55.6 Å². The molecule has 6 nitrogen and oxygen atoms in total. The van der Waals surface area contributed by atoms with Crippen molar-refractivity contribution in [2.45, 2.75) is 10.8 Å². The summed E-state index contributed by atoms with van der Waals surface area (Å²) in [6.07, 6.45) is 0. The maximum absolute atomic E-state index is 7.42. The Bertz CT molecular complexity index is 5860. The van der Waals surface area contributed by atoms with E-state index in [2.05, 4.69) is 322 Å². The van der Waals surface area contributed by atoms with Crippen molar-refractivity contribution in [1.82, 2.24) is 19.9 Å². The van der Waals surface area contributed by atoms with Gasteiger partial charge in [0.15, 0.2) is 11.6 Å². The molecule has 2 aromatic heterocycles. The Labute approximate surface area is 554 Å². The van der Waals surface area contributed by atoms with Crippen LogP contribution < -0.4 is 9.47 Å². The number of nitrogens with zero attached hydrogens (tertiary/aromatic N) is 4. The molecule has 14 aromatic carbocycles. The molecule has 16 aromatic rings. The van der Waals surface area contributed by atoms with Crippen molar-refractivity contribution in [3.8, 4) is 124 Å². The Kier molecular flexibility index (Phi) is 11.8. The van der Waals surface area contributed by atoms with Gasteiger partial charge in [-0.05, 0) is 126 Å². The lowest BCUT2D eigenvalue weighted by Crippen LogP contribution is -2.32. The number of hydrogen-bond donors (Lipinski definition) is 0. The first-order valence-corrected chi connectivity index (χ1v) is 32.7. The fraction of sp³-hybridized carbons (Fsp3) is 0.0222. The van der Waals surface area contributed by atoms with E-state index in [0.29, 0.717) is 11.6 Å². The molecule has 20 rings (SSSR count). The summed E-state index contributed by atoms with van der Waals surface area (Å²) in [4.78, 5) is 21.7. The summed E-state index contributed by atoms with van der Waals surface area (Å²) in [5, 5.41) is 4.59. The SMILES string of the molecule is c1ccc(-c2cc(-c3cccc4ccccc34)nc(-c3ccc4c(c3)Oc3cc(-c5cccc(-c6cc(-c7ccc8ccccc8c7)nc(-c7ccc8c(c7)Oc7ccccc7C87c8ccccc8-c8ccccc87)n6)c5)ccc3C43c4ccccc4-c4ccccc43)n2)cc1. The molecular formula is C90H54N4O2. The second-order valence-corrected chi connectivity index (χ2v) is 25.5. The van der Waals surface area contributed by atoms with E-state index in [9.17, 15) is 0 Å². The van der Waals surface area contributed by atoms with E-state index in [1.165, 1.54) is 49.9 Å². The van der Waals surface area contributed by atoms with Gasteiger partial charge in [-0.25, -0.2) is 19.9 Å². The summed E-state index contributed by atoms with van der Waals surface area (Å²) in [5.74, 6) is 4.33. The molecule has 6 heteroatoms. The highest BCUT2D eigenvalue weighted by Gasteiger charge is 2.53. The molecule has 0 atom stereocenters. The molecule has 0 fully saturated rings. The Morgan fingerprint density at radius 1 is 0.198 bits per heavy atom. The van der Waals surface area contributed by atoms with E-state index in [4.69, 9.17) is 29.4 Å². The first-order valence-electron chi connectivity index (χ1n) is 32.7. The average Bonchev–Trinajstić information content (AvgIpc) is 1.52. The molecule has 2 aliphatic carbocycles. The van der Waals surface area contributed by atoms with Crippen LogP contribution in [-0.4, -0.2) is 19.9 Å². The normalized spacial score (nSPS) is 13.5. The lowest BCUT2D eigenvalue weighted by Gasteiger charge is -2.39. The number of ether oxygens (including phenoxy) is 2. The summed E-state index contributed by atoms with van der Waals surface area (Å²) in [6.45, 7) is 0. The Morgan fingerprint density at radius 3 is 1.19 bits per heavy atom. The number of benzene rings is 14. The monoisotopic (exact) mass is 1220 g/mol. The standard InChI is InChI=1S/C90H54N4O2/c1-2-22-57(23-3-1)79-54-82(70-33-19-25-56-21-6-7-28-65(56)70)94-88(91-79)64-44-47-78-86(52-64)96-84-50-60(42-45-76(84)90(78)73-36-14-10-31-68(73)69-32-11-15-37-74(69)90)59-26-18-27-61(49-59)80-53-81(62-41-40-55-20-4-5-24-58(55)48-62)93-87(92-80)63-43-46-77-85(51-63)95-83-39-17-16-38-75(83)89(77)71-34-12-8-29-66(71)67-30-9-13-35-72(67)89/h1-54H. The van der Waals surface area contributed by atoms with Crippen LogP contribution >= 0.6 is 0 Å². The van der Waals surface area contributed by atoms with E-state index in [0.717, 1.165) is 129 Å². The molecule has 0 unspecified atom stereocenters. The van der Waals surface area contributed by atoms with Crippen LogP contribution in [0.25, 0.3) is 123 Å². The molecule has 0 saturated heterocycles. The third kappa shape index (κ3) is 7.99. The molecule has 0 saturated carbocycles. The van der Waals surface area contributed by atoms with Gasteiger partial charge in [0.2, 0.25) is 0 Å². The lowest BCUT2D eigenvalue weighted by molar-refractivity contribution is 0.436. The molecule has 0 amide bonds. The zero-order valence-corrected chi connectivity index (χ0v) is 51.8. The number of fused-ring (bicyclic) bond motifs is 20. The fourth-order valence-corrected chi connectivity index (χ4v) is 16.2. The van der Waals surface area contributed by atoms with Gasteiger partial charge in [-0.1, -0.05) is 279 Å². The molecule has 4 heterocycles. The minimum absolute atomic E-state index is 0.593. The third-order valence-corrected chi connectivity index (χ3v) is 20.4. The van der Waals surface area contributed by atoms with Gasteiger partial charge in [0.1, 0.15) is 23.0 Å². The quantitative estimate of drug-likeness (QED) is 0.158. The highest BCUT2D eigenvalue weighted by atomic mass is 16.5. The first kappa shape index (κ1) is 54.0. The molecule has 0 radical (unpaired) electrons. The number of para-hydroxylation sites is 1. The smallest absolute Gasteiger partial charge is 0.160 e.